The second-order valence-electron chi connectivity index (χ2n) is 2.35. The highest BCUT2D eigenvalue weighted by molar-refractivity contribution is 6.18. The number of ether oxygens (including phenoxy) is 1. The average molecular weight is 151 g/mol. The molecular weight excluding hydrogens is 140 g/mol. The molecule has 0 saturated carbocycles. The smallest absolute Gasteiger partial charge is 0.0726 e. The van der Waals surface area contributed by atoms with Gasteiger partial charge in [0.25, 0.3) is 0 Å². The average Bonchev–Trinajstić information content (AvgIpc) is 2.37. The lowest BCUT2D eigenvalue weighted by molar-refractivity contribution is 0.108. The van der Waals surface area contributed by atoms with E-state index < -0.39 is 0 Å². The quantitative estimate of drug-likeness (QED) is 0.585. The van der Waals surface area contributed by atoms with Crippen LogP contribution in [-0.2, 0) is 4.74 Å². The summed E-state index contributed by atoms with van der Waals surface area (Å²) < 4.78 is 5.06. The van der Waals surface area contributed by atoms with Gasteiger partial charge in [0.05, 0.1) is 12.7 Å². The zero-order valence-corrected chi connectivity index (χ0v) is 5.97. The molecule has 0 aliphatic carbocycles. The number of alkyl halides is 1. The molecule has 1 saturated heterocycles. The van der Waals surface area contributed by atoms with Gasteiger partial charge in [-0.2, -0.15) is 0 Å². The lowest BCUT2D eigenvalue weighted by Gasteiger charge is -2.11. The molecule has 0 aromatic carbocycles. The van der Waals surface area contributed by atoms with Crippen molar-refractivity contribution in [3.8, 4) is 0 Å². The molecule has 0 amide bonds. The van der Waals surface area contributed by atoms with Gasteiger partial charge in [0.1, 0.15) is 0 Å². The summed E-state index contributed by atoms with van der Waals surface area (Å²) >= 11 is 5.43. The highest BCUT2D eigenvalue weighted by Crippen LogP contribution is 2.16. The summed E-state index contributed by atoms with van der Waals surface area (Å²) in [6.45, 7) is 1.45. The SMILES string of the molecule is OC(CCl)C1CCOC1. The lowest BCUT2D eigenvalue weighted by Crippen LogP contribution is -2.21. The lowest BCUT2D eigenvalue weighted by atomic mass is 10.0. The summed E-state index contributed by atoms with van der Waals surface area (Å²) in [5.41, 5.74) is 0. The minimum atomic E-state index is -0.367. The van der Waals surface area contributed by atoms with Crippen LogP contribution >= 0.6 is 11.6 Å². The molecule has 0 spiro atoms. The van der Waals surface area contributed by atoms with Gasteiger partial charge in [-0.05, 0) is 6.42 Å². The standard InChI is InChI=1S/C6H11ClO2/c7-3-6(8)5-1-2-9-4-5/h5-6,8H,1-4H2. The molecule has 1 fully saturated rings. The van der Waals surface area contributed by atoms with Gasteiger partial charge in [-0.25, -0.2) is 0 Å². The number of aliphatic hydroxyl groups is 1. The fourth-order valence-electron chi connectivity index (χ4n) is 0.982. The van der Waals surface area contributed by atoms with Crippen molar-refractivity contribution >= 4 is 11.6 Å². The molecule has 2 unspecified atom stereocenters. The molecule has 1 aliphatic rings. The van der Waals surface area contributed by atoms with Crippen LogP contribution < -0.4 is 0 Å². The molecule has 1 aliphatic heterocycles. The Morgan fingerprint density at radius 3 is 3.00 bits per heavy atom. The molecule has 1 N–H and O–H groups in total. The zero-order chi connectivity index (χ0) is 6.69. The number of hydrogen-bond donors (Lipinski definition) is 1. The van der Waals surface area contributed by atoms with Gasteiger partial charge in [-0.1, -0.05) is 0 Å². The molecule has 0 aromatic heterocycles. The van der Waals surface area contributed by atoms with E-state index >= 15 is 0 Å². The van der Waals surface area contributed by atoms with Crippen LogP contribution in [0.5, 0.6) is 0 Å². The van der Waals surface area contributed by atoms with Crippen LogP contribution in [0.3, 0.4) is 0 Å². The van der Waals surface area contributed by atoms with E-state index in [2.05, 4.69) is 0 Å². The molecule has 0 bridgehead atoms. The summed E-state index contributed by atoms with van der Waals surface area (Å²) in [5.74, 6) is 0.607. The molecule has 1 rings (SSSR count). The van der Waals surface area contributed by atoms with Crippen molar-refractivity contribution in [3.63, 3.8) is 0 Å². The number of aliphatic hydroxyl groups excluding tert-OH is 1. The molecule has 3 heteroatoms. The molecular formula is C6H11ClO2. The first-order valence-corrected chi connectivity index (χ1v) is 3.70. The number of rotatable bonds is 2. The van der Waals surface area contributed by atoms with E-state index in [1.165, 1.54) is 0 Å². The fourth-order valence-corrected chi connectivity index (χ4v) is 1.23. The van der Waals surface area contributed by atoms with Crippen LogP contribution in [-0.4, -0.2) is 30.3 Å². The highest BCUT2D eigenvalue weighted by Gasteiger charge is 2.22. The minimum absolute atomic E-state index is 0.280. The Kier molecular flexibility index (Phi) is 2.76. The maximum atomic E-state index is 9.15. The second kappa shape index (κ2) is 3.40. The first-order valence-electron chi connectivity index (χ1n) is 3.16. The van der Waals surface area contributed by atoms with Crippen molar-refractivity contribution in [2.75, 3.05) is 19.1 Å². The summed E-state index contributed by atoms with van der Waals surface area (Å²) in [5, 5.41) is 9.15. The number of halogens is 1. The first kappa shape index (κ1) is 7.32. The predicted octanol–water partition coefficient (Wildman–Crippen LogP) is 0.623. The van der Waals surface area contributed by atoms with E-state index in [1.807, 2.05) is 0 Å². The Morgan fingerprint density at radius 2 is 2.56 bits per heavy atom. The molecule has 0 aromatic rings. The maximum Gasteiger partial charge on any atom is 0.0726 e. The van der Waals surface area contributed by atoms with Crippen LogP contribution in [0.2, 0.25) is 0 Å². The van der Waals surface area contributed by atoms with Crippen LogP contribution in [0.4, 0.5) is 0 Å². The summed E-state index contributed by atoms with van der Waals surface area (Å²) in [7, 11) is 0. The molecule has 2 nitrogen and oxygen atoms in total. The van der Waals surface area contributed by atoms with E-state index in [0.717, 1.165) is 13.0 Å². The number of hydrogen-bond acceptors (Lipinski definition) is 2. The first-order chi connectivity index (χ1) is 4.34. The Labute approximate surface area is 59.8 Å². The summed E-state index contributed by atoms with van der Waals surface area (Å²) in [6, 6.07) is 0. The fraction of sp³-hybridized carbons (Fsp3) is 1.00. The minimum Gasteiger partial charge on any atom is -0.392 e. The van der Waals surface area contributed by atoms with Gasteiger partial charge in [0.15, 0.2) is 0 Å². The third-order valence-corrected chi connectivity index (χ3v) is 1.98. The topological polar surface area (TPSA) is 29.5 Å². The Hall–Kier alpha value is 0.210. The van der Waals surface area contributed by atoms with Crippen LogP contribution in [0.15, 0.2) is 0 Å². The van der Waals surface area contributed by atoms with E-state index in [0.29, 0.717) is 12.5 Å². The predicted molar refractivity (Wildman–Crippen MR) is 35.7 cm³/mol. The largest absolute Gasteiger partial charge is 0.392 e. The van der Waals surface area contributed by atoms with Gasteiger partial charge in [0.2, 0.25) is 0 Å². The van der Waals surface area contributed by atoms with Gasteiger partial charge in [-0.15, -0.1) is 11.6 Å². The van der Waals surface area contributed by atoms with Crippen molar-refractivity contribution in [1.82, 2.24) is 0 Å². The van der Waals surface area contributed by atoms with Gasteiger partial charge in [-0.3, -0.25) is 0 Å². The highest BCUT2D eigenvalue weighted by atomic mass is 35.5. The van der Waals surface area contributed by atoms with Crippen molar-refractivity contribution in [2.24, 2.45) is 5.92 Å². The monoisotopic (exact) mass is 150 g/mol. The third kappa shape index (κ3) is 1.81. The molecule has 1 heterocycles. The maximum absolute atomic E-state index is 9.15. The molecule has 0 radical (unpaired) electrons. The van der Waals surface area contributed by atoms with Crippen LogP contribution in [0, 0.1) is 5.92 Å². The summed E-state index contributed by atoms with van der Waals surface area (Å²) in [4.78, 5) is 0. The Balaban J connectivity index is 2.24. The van der Waals surface area contributed by atoms with Gasteiger partial charge in [0, 0.05) is 18.4 Å². The van der Waals surface area contributed by atoms with Crippen molar-refractivity contribution in [2.45, 2.75) is 12.5 Å². The molecule has 2 atom stereocenters. The van der Waals surface area contributed by atoms with E-state index in [9.17, 15) is 0 Å². The van der Waals surface area contributed by atoms with Crippen LogP contribution in [0.25, 0.3) is 0 Å². The second-order valence-corrected chi connectivity index (χ2v) is 2.65. The van der Waals surface area contributed by atoms with Crippen molar-refractivity contribution < 1.29 is 9.84 Å². The zero-order valence-electron chi connectivity index (χ0n) is 5.22. The van der Waals surface area contributed by atoms with Gasteiger partial charge < -0.3 is 9.84 Å². The Bertz CT molecular complexity index is 81.1. The van der Waals surface area contributed by atoms with E-state index in [-0.39, 0.29) is 12.0 Å². The van der Waals surface area contributed by atoms with E-state index in [1.54, 1.807) is 0 Å². The Morgan fingerprint density at radius 1 is 1.78 bits per heavy atom. The van der Waals surface area contributed by atoms with Gasteiger partial charge >= 0.3 is 0 Å². The summed E-state index contributed by atoms with van der Waals surface area (Å²) in [6.07, 6.45) is 0.586. The van der Waals surface area contributed by atoms with E-state index in [4.69, 9.17) is 21.4 Å². The normalized spacial score (nSPS) is 30.7. The van der Waals surface area contributed by atoms with Crippen molar-refractivity contribution in [1.29, 1.82) is 0 Å². The van der Waals surface area contributed by atoms with Crippen molar-refractivity contribution in [3.05, 3.63) is 0 Å². The van der Waals surface area contributed by atoms with Crippen LogP contribution in [0.1, 0.15) is 6.42 Å². The molecule has 9 heavy (non-hydrogen) atoms. The third-order valence-electron chi connectivity index (χ3n) is 1.67. The molecule has 54 valence electrons.